The summed E-state index contributed by atoms with van der Waals surface area (Å²) in [6, 6.07) is 0.363. The maximum absolute atomic E-state index is 11.8. The van der Waals surface area contributed by atoms with Crippen LogP contribution in [-0.2, 0) is 7.05 Å². The van der Waals surface area contributed by atoms with Gasteiger partial charge in [-0.1, -0.05) is 33.1 Å². The predicted molar refractivity (Wildman–Crippen MR) is 71.3 cm³/mol. The molecule has 0 saturated carbocycles. The van der Waals surface area contributed by atoms with Crippen molar-refractivity contribution in [3.63, 3.8) is 0 Å². The van der Waals surface area contributed by atoms with Crippen LogP contribution in [0.25, 0.3) is 0 Å². The molecule has 0 saturated heterocycles. The molecule has 0 fully saturated rings. The normalized spacial score (nSPS) is 12.4. The zero-order valence-corrected chi connectivity index (χ0v) is 11.1. The van der Waals surface area contributed by atoms with Crippen LogP contribution in [0.15, 0.2) is 17.2 Å². The summed E-state index contributed by atoms with van der Waals surface area (Å²) >= 11 is 0. The lowest BCUT2D eigenvalue weighted by molar-refractivity contribution is 0.561. The van der Waals surface area contributed by atoms with Crippen LogP contribution in [-0.4, -0.2) is 15.6 Å². The molecule has 1 heterocycles. The van der Waals surface area contributed by atoms with Crippen LogP contribution < -0.4 is 10.9 Å². The predicted octanol–water partition coefficient (Wildman–Crippen LogP) is 2.55. The van der Waals surface area contributed by atoms with Crippen molar-refractivity contribution in [2.45, 2.75) is 52.0 Å². The van der Waals surface area contributed by atoms with Gasteiger partial charge in [0.1, 0.15) is 0 Å². The van der Waals surface area contributed by atoms with Gasteiger partial charge in [-0.15, -0.1) is 0 Å². The quantitative estimate of drug-likeness (QED) is 0.792. The summed E-state index contributed by atoms with van der Waals surface area (Å²) in [7, 11) is 1.75. The first-order valence-corrected chi connectivity index (χ1v) is 6.47. The fourth-order valence-corrected chi connectivity index (χ4v) is 1.88. The number of unbranched alkanes of at least 4 members (excludes halogenated alkanes) is 1. The van der Waals surface area contributed by atoms with E-state index < -0.39 is 0 Å². The molecule has 1 aromatic rings. The Bertz CT molecular complexity index is 386. The Hall–Kier alpha value is -1.32. The van der Waals surface area contributed by atoms with E-state index in [9.17, 15) is 4.79 Å². The summed E-state index contributed by atoms with van der Waals surface area (Å²) in [5, 5.41) is 3.28. The molecule has 0 spiro atoms. The van der Waals surface area contributed by atoms with Crippen LogP contribution in [0.1, 0.15) is 46.0 Å². The van der Waals surface area contributed by atoms with E-state index >= 15 is 0 Å². The average Bonchev–Trinajstić information content (AvgIpc) is 2.32. The summed E-state index contributed by atoms with van der Waals surface area (Å²) in [6.07, 6.45) is 9.01. The molecule has 0 bridgehead atoms. The lowest BCUT2D eigenvalue weighted by atomic mass is 10.1. The minimum absolute atomic E-state index is 0.0508. The lowest BCUT2D eigenvalue weighted by Crippen LogP contribution is -2.28. The topological polar surface area (TPSA) is 46.9 Å². The maximum Gasteiger partial charge on any atom is 0.293 e. The highest BCUT2D eigenvalue weighted by molar-refractivity contribution is 5.32. The fourth-order valence-electron chi connectivity index (χ4n) is 1.88. The van der Waals surface area contributed by atoms with E-state index in [1.165, 1.54) is 12.8 Å². The molecule has 4 heteroatoms. The van der Waals surface area contributed by atoms with Gasteiger partial charge in [0.2, 0.25) is 0 Å². The van der Waals surface area contributed by atoms with Crippen LogP contribution in [0, 0.1) is 0 Å². The molecule has 1 unspecified atom stereocenters. The van der Waals surface area contributed by atoms with Crippen LogP contribution in [0.2, 0.25) is 0 Å². The van der Waals surface area contributed by atoms with E-state index in [0.29, 0.717) is 11.9 Å². The highest BCUT2D eigenvalue weighted by Gasteiger charge is 2.10. The van der Waals surface area contributed by atoms with Crippen molar-refractivity contribution in [3.8, 4) is 0 Å². The minimum atomic E-state index is -0.0508. The minimum Gasteiger partial charge on any atom is -0.363 e. The second-order valence-electron chi connectivity index (χ2n) is 4.46. The molecule has 0 amide bonds. The molecule has 0 aliphatic heterocycles. The number of hydrogen-bond acceptors (Lipinski definition) is 3. The summed E-state index contributed by atoms with van der Waals surface area (Å²) in [5.74, 6) is 0.476. The number of nitrogens with zero attached hydrogens (tertiary/aromatic N) is 2. The Morgan fingerprint density at radius 1 is 1.35 bits per heavy atom. The van der Waals surface area contributed by atoms with E-state index in [1.54, 1.807) is 24.0 Å². The molecule has 1 rings (SSSR count). The number of hydrogen-bond donors (Lipinski definition) is 1. The monoisotopic (exact) mass is 237 g/mol. The molecular weight excluding hydrogens is 214 g/mol. The van der Waals surface area contributed by atoms with Crippen molar-refractivity contribution in [2.75, 3.05) is 5.32 Å². The summed E-state index contributed by atoms with van der Waals surface area (Å²) in [5.41, 5.74) is -0.0508. The largest absolute Gasteiger partial charge is 0.363 e. The lowest BCUT2D eigenvalue weighted by Gasteiger charge is -2.18. The van der Waals surface area contributed by atoms with Gasteiger partial charge in [-0.25, -0.2) is 4.98 Å². The van der Waals surface area contributed by atoms with Crippen LogP contribution in [0.3, 0.4) is 0 Å². The van der Waals surface area contributed by atoms with Crippen molar-refractivity contribution in [1.82, 2.24) is 9.55 Å². The number of aryl methyl sites for hydroxylation is 1. The van der Waals surface area contributed by atoms with Crippen LogP contribution >= 0.6 is 0 Å². The van der Waals surface area contributed by atoms with E-state index in [0.717, 1.165) is 19.3 Å². The molecule has 0 radical (unpaired) electrons. The van der Waals surface area contributed by atoms with Gasteiger partial charge in [-0.3, -0.25) is 4.79 Å². The molecule has 4 nitrogen and oxygen atoms in total. The third-order valence-electron chi connectivity index (χ3n) is 2.90. The molecule has 0 aliphatic rings. The van der Waals surface area contributed by atoms with Crippen molar-refractivity contribution in [3.05, 3.63) is 22.7 Å². The standard InChI is InChI=1S/C13H23N3O/c1-4-6-8-11(7-5-2)15-12-13(17)16(3)10-9-14-12/h9-11H,4-8H2,1-3H3,(H,14,15). The van der Waals surface area contributed by atoms with Gasteiger partial charge in [0.25, 0.3) is 5.56 Å². The zero-order chi connectivity index (χ0) is 12.7. The molecule has 17 heavy (non-hydrogen) atoms. The second-order valence-corrected chi connectivity index (χ2v) is 4.46. The van der Waals surface area contributed by atoms with Crippen LogP contribution in [0.5, 0.6) is 0 Å². The Morgan fingerprint density at radius 3 is 2.76 bits per heavy atom. The molecule has 1 aromatic heterocycles. The van der Waals surface area contributed by atoms with Crippen molar-refractivity contribution >= 4 is 5.82 Å². The summed E-state index contributed by atoms with van der Waals surface area (Å²) in [4.78, 5) is 15.9. The van der Waals surface area contributed by atoms with Gasteiger partial charge in [0.05, 0.1) is 0 Å². The van der Waals surface area contributed by atoms with E-state index in [4.69, 9.17) is 0 Å². The Kier molecular flexibility index (Phi) is 5.73. The van der Waals surface area contributed by atoms with E-state index in [2.05, 4.69) is 24.1 Å². The first-order chi connectivity index (χ1) is 8.19. The average molecular weight is 237 g/mol. The Balaban J connectivity index is 2.71. The number of rotatable bonds is 7. The second kappa shape index (κ2) is 7.09. The molecule has 0 aliphatic carbocycles. The van der Waals surface area contributed by atoms with Gasteiger partial charge in [0.15, 0.2) is 5.82 Å². The van der Waals surface area contributed by atoms with Gasteiger partial charge >= 0.3 is 0 Å². The zero-order valence-electron chi connectivity index (χ0n) is 11.1. The van der Waals surface area contributed by atoms with Crippen molar-refractivity contribution in [2.24, 2.45) is 7.05 Å². The Morgan fingerprint density at radius 2 is 2.12 bits per heavy atom. The van der Waals surface area contributed by atoms with Crippen molar-refractivity contribution in [1.29, 1.82) is 0 Å². The number of nitrogens with one attached hydrogen (secondary N) is 1. The maximum atomic E-state index is 11.8. The molecule has 0 aromatic carbocycles. The molecule has 96 valence electrons. The molecule has 1 atom stereocenters. The number of anilines is 1. The fraction of sp³-hybridized carbons (Fsp3) is 0.692. The highest BCUT2D eigenvalue weighted by atomic mass is 16.1. The molecule has 1 N–H and O–H groups in total. The summed E-state index contributed by atoms with van der Waals surface area (Å²) in [6.45, 7) is 4.35. The van der Waals surface area contributed by atoms with Crippen LogP contribution in [0.4, 0.5) is 5.82 Å². The first kappa shape index (κ1) is 13.7. The smallest absolute Gasteiger partial charge is 0.293 e. The highest BCUT2D eigenvalue weighted by Crippen LogP contribution is 2.10. The molecular formula is C13H23N3O. The van der Waals surface area contributed by atoms with Gasteiger partial charge < -0.3 is 9.88 Å². The van der Waals surface area contributed by atoms with Crippen molar-refractivity contribution < 1.29 is 0 Å². The summed E-state index contributed by atoms with van der Waals surface area (Å²) < 4.78 is 1.55. The van der Waals surface area contributed by atoms with Gasteiger partial charge in [-0.2, -0.15) is 0 Å². The third-order valence-corrected chi connectivity index (χ3v) is 2.90. The SMILES string of the molecule is CCCCC(CCC)Nc1nccn(C)c1=O. The van der Waals surface area contributed by atoms with Gasteiger partial charge in [0, 0.05) is 25.5 Å². The first-order valence-electron chi connectivity index (χ1n) is 6.47. The number of aromatic nitrogens is 2. The Labute approximate surface area is 103 Å². The van der Waals surface area contributed by atoms with E-state index in [1.807, 2.05) is 0 Å². The third kappa shape index (κ3) is 4.21. The van der Waals surface area contributed by atoms with E-state index in [-0.39, 0.29) is 5.56 Å². The van der Waals surface area contributed by atoms with Gasteiger partial charge in [-0.05, 0) is 12.8 Å².